The summed E-state index contributed by atoms with van der Waals surface area (Å²) in [6, 6.07) is 0. The third kappa shape index (κ3) is 1.09. The quantitative estimate of drug-likeness (QED) is 0.637. The van der Waals surface area contributed by atoms with E-state index in [0.717, 1.165) is 10.7 Å². The van der Waals surface area contributed by atoms with Crippen LogP contribution >= 0.6 is 0 Å². The van der Waals surface area contributed by atoms with Gasteiger partial charge in [-0.25, -0.2) is 12.7 Å². The molecule has 5 heteroatoms. The monoisotopic (exact) mass is 241 g/mol. The fourth-order valence-electron chi connectivity index (χ4n) is 3.42. The normalized spacial score (nSPS) is 42.7. The van der Waals surface area contributed by atoms with E-state index in [0.29, 0.717) is 12.5 Å². The van der Waals surface area contributed by atoms with Gasteiger partial charge in [-0.3, -0.25) is 4.79 Å². The maximum atomic E-state index is 12.2. The van der Waals surface area contributed by atoms with Gasteiger partial charge in [0, 0.05) is 18.9 Å². The van der Waals surface area contributed by atoms with Crippen molar-refractivity contribution in [3.63, 3.8) is 0 Å². The fraction of sp³-hybridized carbons (Fsp3) is 0.727. The maximum absolute atomic E-state index is 12.2. The Hall–Kier alpha value is -0.840. The molecule has 0 aromatic carbocycles. The second kappa shape index (κ2) is 3.09. The van der Waals surface area contributed by atoms with Gasteiger partial charge in [-0.1, -0.05) is 19.1 Å². The van der Waals surface area contributed by atoms with Crippen molar-refractivity contribution in [2.75, 3.05) is 6.54 Å². The van der Waals surface area contributed by atoms with Gasteiger partial charge < -0.3 is 0 Å². The summed E-state index contributed by atoms with van der Waals surface area (Å²) >= 11 is 0. The Morgan fingerprint density at radius 2 is 2.06 bits per heavy atom. The first-order valence-electron chi connectivity index (χ1n) is 5.78. The fourth-order valence-corrected chi connectivity index (χ4v) is 5.88. The highest BCUT2D eigenvalue weighted by molar-refractivity contribution is 7.90. The van der Waals surface area contributed by atoms with Crippen molar-refractivity contribution in [2.45, 2.75) is 25.0 Å². The molecule has 0 aromatic heterocycles. The number of hydrogen-bond donors (Lipinski definition) is 0. The molecule has 0 N–H and O–H groups in total. The minimum Gasteiger partial charge on any atom is -0.274 e. The lowest BCUT2D eigenvalue weighted by atomic mass is 9.93. The zero-order valence-electron chi connectivity index (χ0n) is 9.17. The van der Waals surface area contributed by atoms with Crippen LogP contribution < -0.4 is 0 Å². The number of allylic oxidation sites excluding steroid dienone is 2. The lowest BCUT2D eigenvalue weighted by molar-refractivity contribution is -0.126. The first-order chi connectivity index (χ1) is 7.55. The zero-order valence-corrected chi connectivity index (χ0v) is 9.98. The SMILES string of the molecule is CCC(=O)N1C[C@@H]2[C@@H]([C@@H]3C=C[C@H]2C3)S1(=O)=O. The second-order valence-electron chi connectivity index (χ2n) is 4.90. The molecule has 4 atom stereocenters. The van der Waals surface area contributed by atoms with Gasteiger partial charge in [-0.05, 0) is 18.3 Å². The van der Waals surface area contributed by atoms with Crippen molar-refractivity contribution in [2.24, 2.45) is 17.8 Å². The number of carbonyl (C=O) groups excluding carboxylic acids is 1. The molecule has 1 saturated carbocycles. The molecule has 0 unspecified atom stereocenters. The van der Waals surface area contributed by atoms with Crippen molar-refractivity contribution < 1.29 is 13.2 Å². The van der Waals surface area contributed by atoms with Crippen molar-refractivity contribution in [3.8, 4) is 0 Å². The summed E-state index contributed by atoms with van der Waals surface area (Å²) in [5.41, 5.74) is 0. The number of sulfonamides is 1. The number of carbonyl (C=O) groups is 1. The van der Waals surface area contributed by atoms with Crippen LogP contribution in [0.3, 0.4) is 0 Å². The summed E-state index contributed by atoms with van der Waals surface area (Å²) < 4.78 is 25.6. The molecule has 1 aliphatic heterocycles. The Morgan fingerprint density at radius 1 is 1.38 bits per heavy atom. The second-order valence-corrected chi connectivity index (χ2v) is 6.92. The van der Waals surface area contributed by atoms with E-state index in [2.05, 4.69) is 6.08 Å². The third-order valence-electron chi connectivity index (χ3n) is 4.15. The van der Waals surface area contributed by atoms with Crippen molar-refractivity contribution in [1.82, 2.24) is 4.31 Å². The largest absolute Gasteiger partial charge is 0.274 e. The van der Waals surface area contributed by atoms with E-state index in [1.54, 1.807) is 6.92 Å². The van der Waals surface area contributed by atoms with Crippen LogP contribution in [0.1, 0.15) is 19.8 Å². The van der Waals surface area contributed by atoms with Gasteiger partial charge in [0.1, 0.15) is 0 Å². The average molecular weight is 241 g/mol. The van der Waals surface area contributed by atoms with E-state index in [4.69, 9.17) is 0 Å². The van der Waals surface area contributed by atoms with Crippen LogP contribution in [0, 0.1) is 17.8 Å². The molecule has 88 valence electrons. The highest BCUT2D eigenvalue weighted by atomic mass is 32.2. The minimum absolute atomic E-state index is 0.148. The molecule has 1 amide bonds. The smallest absolute Gasteiger partial charge is 0.241 e. The van der Waals surface area contributed by atoms with Crippen LogP contribution in [-0.4, -0.2) is 30.4 Å². The van der Waals surface area contributed by atoms with E-state index in [1.165, 1.54) is 0 Å². The summed E-state index contributed by atoms with van der Waals surface area (Å²) in [6.07, 6.45) is 5.37. The van der Waals surface area contributed by atoms with E-state index < -0.39 is 10.0 Å². The Morgan fingerprint density at radius 3 is 2.69 bits per heavy atom. The molecule has 2 fully saturated rings. The van der Waals surface area contributed by atoms with Crippen molar-refractivity contribution in [1.29, 1.82) is 0 Å². The zero-order chi connectivity index (χ0) is 11.5. The summed E-state index contributed by atoms with van der Waals surface area (Å²) in [5.74, 6) is 0.415. The Kier molecular flexibility index (Phi) is 2.00. The van der Waals surface area contributed by atoms with Crippen LogP contribution in [0.4, 0.5) is 0 Å². The molecule has 3 aliphatic rings. The topological polar surface area (TPSA) is 54.5 Å². The third-order valence-corrected chi connectivity index (χ3v) is 6.51. The highest BCUT2D eigenvalue weighted by Crippen LogP contribution is 2.51. The molecule has 1 heterocycles. The van der Waals surface area contributed by atoms with Gasteiger partial charge in [0.15, 0.2) is 0 Å². The van der Waals surface area contributed by atoms with Crippen LogP contribution in [-0.2, 0) is 14.8 Å². The predicted octanol–water partition coefficient (Wildman–Crippen LogP) is 0.759. The standard InChI is InChI=1S/C11H15NO3S/c1-2-10(13)12-6-9-7-3-4-8(5-7)11(9)16(12,14)15/h3-4,7-9,11H,2,5-6H2,1H3/t7-,8+,9-,11+/m0/s1. The Labute approximate surface area is 95.4 Å². The van der Waals surface area contributed by atoms with E-state index in [9.17, 15) is 13.2 Å². The van der Waals surface area contributed by atoms with E-state index in [1.807, 2.05) is 6.08 Å². The molecule has 0 spiro atoms. The maximum Gasteiger partial charge on any atom is 0.241 e. The summed E-state index contributed by atoms with van der Waals surface area (Å²) in [5, 5.41) is -0.321. The van der Waals surface area contributed by atoms with Crippen LogP contribution in [0.15, 0.2) is 12.2 Å². The molecule has 4 nitrogen and oxygen atoms in total. The number of nitrogens with zero attached hydrogens (tertiary/aromatic N) is 1. The molecular weight excluding hydrogens is 226 g/mol. The molecule has 0 aromatic rings. The number of amides is 1. The molecule has 3 rings (SSSR count). The van der Waals surface area contributed by atoms with Crippen molar-refractivity contribution >= 4 is 15.9 Å². The first kappa shape index (κ1) is 10.3. The summed E-state index contributed by atoms with van der Waals surface area (Å²) in [6.45, 7) is 2.12. The number of rotatable bonds is 1. The molecule has 0 radical (unpaired) electrons. The number of hydrogen-bond acceptors (Lipinski definition) is 3. The average Bonchev–Trinajstić information content (AvgIpc) is 2.89. The van der Waals surface area contributed by atoms with Crippen molar-refractivity contribution in [3.05, 3.63) is 12.2 Å². The lowest BCUT2D eigenvalue weighted by Crippen LogP contribution is -2.36. The first-order valence-corrected chi connectivity index (χ1v) is 7.28. The molecule has 2 aliphatic carbocycles. The van der Waals surface area contributed by atoms with Gasteiger partial charge in [0.2, 0.25) is 15.9 Å². The van der Waals surface area contributed by atoms with Gasteiger partial charge >= 0.3 is 0 Å². The molecular formula is C11H15NO3S. The van der Waals surface area contributed by atoms with E-state index in [-0.39, 0.29) is 29.4 Å². The predicted molar refractivity (Wildman–Crippen MR) is 58.9 cm³/mol. The van der Waals surface area contributed by atoms with Crippen LogP contribution in [0.5, 0.6) is 0 Å². The van der Waals surface area contributed by atoms with Crippen LogP contribution in [0.25, 0.3) is 0 Å². The van der Waals surface area contributed by atoms with Crippen LogP contribution in [0.2, 0.25) is 0 Å². The molecule has 16 heavy (non-hydrogen) atoms. The van der Waals surface area contributed by atoms with Gasteiger partial charge in [0.25, 0.3) is 0 Å². The Bertz CT molecular complexity index is 468. The summed E-state index contributed by atoms with van der Waals surface area (Å²) in [7, 11) is -3.37. The molecule has 1 saturated heterocycles. The van der Waals surface area contributed by atoms with Gasteiger partial charge in [-0.15, -0.1) is 0 Å². The summed E-state index contributed by atoms with van der Waals surface area (Å²) in [4.78, 5) is 11.6. The Balaban J connectivity index is 1.99. The van der Waals surface area contributed by atoms with Gasteiger partial charge in [0.05, 0.1) is 5.25 Å². The van der Waals surface area contributed by atoms with Gasteiger partial charge in [-0.2, -0.15) is 0 Å². The highest BCUT2D eigenvalue weighted by Gasteiger charge is 2.58. The number of fused-ring (bicyclic) bond motifs is 5. The minimum atomic E-state index is -3.37. The molecule has 2 bridgehead atoms. The lowest BCUT2D eigenvalue weighted by Gasteiger charge is -2.18. The van der Waals surface area contributed by atoms with E-state index >= 15 is 0 Å².